The summed E-state index contributed by atoms with van der Waals surface area (Å²) in [7, 11) is 0. The van der Waals surface area contributed by atoms with Crippen LogP contribution in [0.4, 0.5) is 0 Å². The summed E-state index contributed by atoms with van der Waals surface area (Å²) in [6, 6.07) is 11.7. The van der Waals surface area contributed by atoms with Gasteiger partial charge < -0.3 is 5.11 Å². The minimum atomic E-state index is 0.262. The molecule has 0 unspecified atom stereocenters. The summed E-state index contributed by atoms with van der Waals surface area (Å²) in [6.45, 7) is 8.41. The number of aromatic hydroxyl groups is 1. The lowest BCUT2D eigenvalue weighted by Gasteiger charge is -2.11. The Morgan fingerprint density at radius 2 is 1.70 bits per heavy atom. The van der Waals surface area contributed by atoms with Gasteiger partial charge in [0, 0.05) is 0 Å². The molecule has 1 aromatic heterocycles. The van der Waals surface area contributed by atoms with Crippen LogP contribution in [0.3, 0.4) is 0 Å². The topological polar surface area (TPSA) is 50.9 Å². The zero-order valence-corrected chi connectivity index (χ0v) is 16.5. The summed E-state index contributed by atoms with van der Waals surface area (Å²) in [6.07, 6.45) is 7.14. The first-order chi connectivity index (χ1) is 12.9. The molecule has 0 fully saturated rings. The zero-order chi connectivity index (χ0) is 19.4. The van der Waals surface area contributed by atoms with Crippen LogP contribution in [0.1, 0.15) is 44.7 Å². The number of allylic oxidation sites excluding steroid dienone is 4. The molecule has 0 aliphatic rings. The molecule has 3 rings (SSSR count). The molecule has 0 amide bonds. The fourth-order valence-electron chi connectivity index (χ4n) is 3.07. The van der Waals surface area contributed by atoms with E-state index in [1.165, 1.54) is 15.9 Å². The van der Waals surface area contributed by atoms with Gasteiger partial charge in [-0.15, -0.1) is 15.0 Å². The zero-order valence-electron chi connectivity index (χ0n) is 16.5. The molecular formula is C23H27N3O. The van der Waals surface area contributed by atoms with Crippen molar-refractivity contribution in [3.8, 4) is 11.4 Å². The van der Waals surface area contributed by atoms with Crippen molar-refractivity contribution in [1.82, 2.24) is 15.0 Å². The van der Waals surface area contributed by atoms with Gasteiger partial charge in [0.1, 0.15) is 22.5 Å². The van der Waals surface area contributed by atoms with E-state index in [4.69, 9.17) is 0 Å². The number of hydrogen-bond donors (Lipinski definition) is 1. The molecule has 3 aromatic rings. The predicted molar refractivity (Wildman–Crippen MR) is 111 cm³/mol. The highest BCUT2D eigenvalue weighted by Crippen LogP contribution is 2.29. The Bertz CT molecular complexity index is 975. The lowest BCUT2D eigenvalue weighted by atomic mass is 10.0. The highest BCUT2D eigenvalue weighted by molar-refractivity contribution is 5.73. The SMILES string of the molecule is CC(C)=CCC=C(C)CCc1cc(C)cc(-n2nc3ccccc3n2)c1O. The second-order valence-corrected chi connectivity index (χ2v) is 7.34. The standard InChI is InChI=1S/C23H27N3O/c1-16(2)8-7-9-17(3)12-13-19-14-18(4)15-22(23(19)27)26-24-20-10-5-6-11-21(20)25-26/h5-6,8-11,14-15,27H,7,12-13H2,1-4H3. The number of aryl methyl sites for hydroxylation is 2. The van der Waals surface area contributed by atoms with Crippen molar-refractivity contribution in [1.29, 1.82) is 0 Å². The molecule has 1 N–H and O–H groups in total. The van der Waals surface area contributed by atoms with Gasteiger partial charge >= 0.3 is 0 Å². The second-order valence-electron chi connectivity index (χ2n) is 7.34. The quantitative estimate of drug-likeness (QED) is 0.576. The number of rotatable bonds is 6. The van der Waals surface area contributed by atoms with E-state index in [1.54, 1.807) is 0 Å². The molecule has 4 heteroatoms. The number of fused-ring (bicyclic) bond motifs is 1. The highest BCUT2D eigenvalue weighted by Gasteiger charge is 2.13. The van der Waals surface area contributed by atoms with Gasteiger partial charge in [-0.1, -0.05) is 41.5 Å². The van der Waals surface area contributed by atoms with Crippen molar-refractivity contribution in [2.24, 2.45) is 0 Å². The fourth-order valence-corrected chi connectivity index (χ4v) is 3.07. The second kappa shape index (κ2) is 8.21. The van der Waals surface area contributed by atoms with E-state index in [0.717, 1.165) is 41.4 Å². The molecule has 0 radical (unpaired) electrons. The van der Waals surface area contributed by atoms with Crippen molar-refractivity contribution in [3.05, 3.63) is 70.8 Å². The molecule has 1 heterocycles. The number of nitrogens with zero attached hydrogens (tertiary/aromatic N) is 3. The maximum Gasteiger partial charge on any atom is 0.146 e. The van der Waals surface area contributed by atoms with Crippen molar-refractivity contribution in [3.63, 3.8) is 0 Å². The minimum absolute atomic E-state index is 0.262. The molecule has 0 spiro atoms. The summed E-state index contributed by atoms with van der Waals surface area (Å²) in [5.41, 5.74) is 6.95. The van der Waals surface area contributed by atoms with E-state index in [9.17, 15) is 5.11 Å². The molecule has 140 valence electrons. The Morgan fingerprint density at radius 1 is 1.04 bits per heavy atom. The van der Waals surface area contributed by atoms with Crippen molar-refractivity contribution >= 4 is 11.0 Å². The van der Waals surface area contributed by atoms with Crippen LogP contribution < -0.4 is 0 Å². The Balaban J connectivity index is 1.84. The average molecular weight is 361 g/mol. The van der Waals surface area contributed by atoms with Gasteiger partial charge in [-0.25, -0.2) is 0 Å². The first-order valence-electron chi connectivity index (χ1n) is 9.38. The van der Waals surface area contributed by atoms with E-state index >= 15 is 0 Å². The summed E-state index contributed by atoms with van der Waals surface area (Å²) >= 11 is 0. The number of aromatic nitrogens is 3. The van der Waals surface area contributed by atoms with Gasteiger partial charge in [0.05, 0.1) is 0 Å². The molecule has 0 aliphatic carbocycles. The molecule has 0 saturated carbocycles. The van der Waals surface area contributed by atoms with Crippen LogP contribution in [0.2, 0.25) is 0 Å². The third-order valence-electron chi connectivity index (χ3n) is 4.60. The minimum Gasteiger partial charge on any atom is -0.505 e. The average Bonchev–Trinajstić information content (AvgIpc) is 3.05. The van der Waals surface area contributed by atoms with E-state index in [2.05, 4.69) is 43.1 Å². The summed E-state index contributed by atoms with van der Waals surface area (Å²) < 4.78 is 0. The summed E-state index contributed by atoms with van der Waals surface area (Å²) in [5, 5.41) is 19.8. The largest absolute Gasteiger partial charge is 0.505 e. The molecule has 0 bridgehead atoms. The number of benzene rings is 2. The first-order valence-corrected chi connectivity index (χ1v) is 9.38. The van der Waals surface area contributed by atoms with Crippen LogP contribution in [0.25, 0.3) is 16.7 Å². The van der Waals surface area contributed by atoms with Gasteiger partial charge in [0.15, 0.2) is 0 Å². The van der Waals surface area contributed by atoms with Crippen molar-refractivity contribution in [2.45, 2.75) is 47.0 Å². The van der Waals surface area contributed by atoms with Crippen molar-refractivity contribution in [2.75, 3.05) is 0 Å². The van der Waals surface area contributed by atoms with Crippen LogP contribution in [0.5, 0.6) is 5.75 Å². The first kappa shape index (κ1) is 18.9. The van der Waals surface area contributed by atoms with E-state index in [1.807, 2.05) is 43.3 Å². The molecule has 4 nitrogen and oxygen atoms in total. The van der Waals surface area contributed by atoms with E-state index in [-0.39, 0.29) is 5.75 Å². The Labute approximate surface area is 160 Å². The normalized spacial score (nSPS) is 11.8. The maximum absolute atomic E-state index is 10.8. The Hall–Kier alpha value is -2.88. The van der Waals surface area contributed by atoms with Crippen LogP contribution in [-0.2, 0) is 6.42 Å². The van der Waals surface area contributed by atoms with Gasteiger partial charge in [0.25, 0.3) is 0 Å². The van der Waals surface area contributed by atoms with Gasteiger partial charge in [-0.05, 0) is 76.3 Å². The molecule has 0 atom stereocenters. The summed E-state index contributed by atoms with van der Waals surface area (Å²) in [4.78, 5) is 1.54. The number of phenols is 1. The highest BCUT2D eigenvalue weighted by atomic mass is 16.3. The van der Waals surface area contributed by atoms with Crippen molar-refractivity contribution < 1.29 is 5.11 Å². The third-order valence-corrected chi connectivity index (χ3v) is 4.60. The van der Waals surface area contributed by atoms with Gasteiger partial charge in [-0.3, -0.25) is 0 Å². The molecule has 2 aromatic carbocycles. The van der Waals surface area contributed by atoms with E-state index in [0.29, 0.717) is 5.69 Å². The lowest BCUT2D eigenvalue weighted by Crippen LogP contribution is -2.02. The van der Waals surface area contributed by atoms with Crippen LogP contribution in [-0.4, -0.2) is 20.1 Å². The summed E-state index contributed by atoms with van der Waals surface area (Å²) in [5.74, 6) is 0.262. The lowest BCUT2D eigenvalue weighted by molar-refractivity contribution is 0.460. The Kier molecular flexibility index (Phi) is 5.75. The molecule has 0 aliphatic heterocycles. The van der Waals surface area contributed by atoms with Crippen LogP contribution in [0, 0.1) is 6.92 Å². The van der Waals surface area contributed by atoms with E-state index < -0.39 is 0 Å². The molecule has 27 heavy (non-hydrogen) atoms. The predicted octanol–water partition coefficient (Wildman–Crippen LogP) is 5.67. The number of hydrogen-bond acceptors (Lipinski definition) is 3. The third kappa shape index (κ3) is 4.64. The van der Waals surface area contributed by atoms with Crippen LogP contribution in [0.15, 0.2) is 59.7 Å². The molecule has 0 saturated heterocycles. The maximum atomic E-state index is 10.8. The number of phenolic OH excluding ortho intramolecular Hbond substituents is 1. The monoisotopic (exact) mass is 361 g/mol. The smallest absolute Gasteiger partial charge is 0.146 e. The molecular weight excluding hydrogens is 334 g/mol. The van der Waals surface area contributed by atoms with Gasteiger partial charge in [-0.2, -0.15) is 0 Å². The Morgan fingerprint density at radius 3 is 2.33 bits per heavy atom. The fraction of sp³-hybridized carbons (Fsp3) is 0.304. The van der Waals surface area contributed by atoms with Crippen LogP contribution >= 0.6 is 0 Å². The van der Waals surface area contributed by atoms with Gasteiger partial charge in [0.2, 0.25) is 0 Å².